The summed E-state index contributed by atoms with van der Waals surface area (Å²) in [6.45, 7) is 5.04. The number of benzene rings is 1. The zero-order chi connectivity index (χ0) is 19.2. The Kier molecular flexibility index (Phi) is 6.14. The molecule has 0 aliphatic carbocycles. The van der Waals surface area contributed by atoms with Gasteiger partial charge in [-0.2, -0.15) is 0 Å². The van der Waals surface area contributed by atoms with Crippen LogP contribution in [0.5, 0.6) is 11.6 Å². The molecule has 0 unspecified atom stereocenters. The van der Waals surface area contributed by atoms with E-state index in [1.807, 2.05) is 35.2 Å². The monoisotopic (exact) mass is 382 g/mol. The Labute approximate surface area is 165 Å². The molecule has 0 saturated carbocycles. The Morgan fingerprint density at radius 2 is 1.96 bits per heavy atom. The number of nitrogens with zero attached hydrogens (tertiary/aromatic N) is 4. The predicted molar refractivity (Wildman–Crippen MR) is 104 cm³/mol. The van der Waals surface area contributed by atoms with Crippen LogP contribution in [0.25, 0.3) is 0 Å². The number of hydrogen-bond donors (Lipinski definition) is 0. The minimum atomic E-state index is 0.189. The summed E-state index contributed by atoms with van der Waals surface area (Å²) in [5.74, 6) is 1.60. The van der Waals surface area contributed by atoms with E-state index < -0.39 is 0 Å². The number of hydrogen-bond acceptors (Lipinski definition) is 6. The van der Waals surface area contributed by atoms with Gasteiger partial charge in [0, 0.05) is 38.3 Å². The summed E-state index contributed by atoms with van der Waals surface area (Å²) in [4.78, 5) is 25.8. The van der Waals surface area contributed by atoms with Crippen LogP contribution >= 0.6 is 0 Å². The maximum atomic E-state index is 12.7. The second kappa shape index (κ2) is 9.12. The highest BCUT2D eigenvalue weighted by Crippen LogP contribution is 2.27. The molecule has 7 heteroatoms. The van der Waals surface area contributed by atoms with Crippen molar-refractivity contribution < 1.29 is 14.3 Å². The van der Waals surface area contributed by atoms with E-state index in [9.17, 15) is 4.79 Å². The number of ether oxygens (including phenoxy) is 2. The first-order chi connectivity index (χ1) is 13.8. The first-order valence-electron chi connectivity index (χ1n) is 9.90. The van der Waals surface area contributed by atoms with Gasteiger partial charge in [0.15, 0.2) is 0 Å². The molecular weight excluding hydrogens is 356 g/mol. The van der Waals surface area contributed by atoms with Crippen LogP contribution < -0.4 is 4.74 Å². The topological polar surface area (TPSA) is 67.8 Å². The zero-order valence-corrected chi connectivity index (χ0v) is 16.0. The highest BCUT2D eigenvalue weighted by Gasteiger charge is 2.27. The van der Waals surface area contributed by atoms with Gasteiger partial charge in [0.05, 0.1) is 31.6 Å². The van der Waals surface area contributed by atoms with Crippen LogP contribution in [0, 0.1) is 0 Å². The Morgan fingerprint density at radius 3 is 2.79 bits per heavy atom. The van der Waals surface area contributed by atoms with Crippen molar-refractivity contribution in [3.05, 3.63) is 48.4 Å². The van der Waals surface area contributed by atoms with Gasteiger partial charge in [-0.05, 0) is 25.0 Å². The second-order valence-electron chi connectivity index (χ2n) is 7.26. The number of aromatic nitrogens is 2. The molecule has 148 valence electrons. The lowest BCUT2D eigenvalue weighted by molar-refractivity contribution is -0.134. The highest BCUT2D eigenvalue weighted by atomic mass is 16.5. The van der Waals surface area contributed by atoms with Crippen LogP contribution in [0.3, 0.4) is 0 Å². The van der Waals surface area contributed by atoms with Gasteiger partial charge in [0.1, 0.15) is 5.75 Å². The predicted octanol–water partition coefficient (Wildman–Crippen LogP) is 2.31. The van der Waals surface area contributed by atoms with Crippen molar-refractivity contribution in [2.24, 2.45) is 0 Å². The van der Waals surface area contributed by atoms with Gasteiger partial charge in [0.2, 0.25) is 11.8 Å². The molecule has 1 aromatic carbocycles. The van der Waals surface area contributed by atoms with E-state index in [1.54, 1.807) is 12.4 Å². The summed E-state index contributed by atoms with van der Waals surface area (Å²) >= 11 is 0. The van der Waals surface area contributed by atoms with Gasteiger partial charge in [0.25, 0.3) is 0 Å². The molecule has 0 spiro atoms. The molecule has 2 saturated heterocycles. The zero-order valence-electron chi connectivity index (χ0n) is 16.0. The second-order valence-corrected chi connectivity index (χ2v) is 7.26. The van der Waals surface area contributed by atoms with Crippen LogP contribution in [0.15, 0.2) is 42.7 Å². The van der Waals surface area contributed by atoms with Crippen molar-refractivity contribution in [3.63, 3.8) is 0 Å². The summed E-state index contributed by atoms with van der Waals surface area (Å²) in [5.41, 5.74) is 0.886. The molecule has 2 aliphatic heterocycles. The number of likely N-dealkylation sites (tertiary alicyclic amines) is 1. The van der Waals surface area contributed by atoms with Crippen LogP contribution in [0.1, 0.15) is 24.5 Å². The van der Waals surface area contributed by atoms with E-state index in [1.165, 1.54) is 0 Å². The Morgan fingerprint density at radius 1 is 1.14 bits per heavy atom. The smallest absolute Gasteiger partial charge is 0.238 e. The molecule has 0 bridgehead atoms. The highest BCUT2D eigenvalue weighted by molar-refractivity contribution is 5.78. The molecule has 28 heavy (non-hydrogen) atoms. The molecule has 7 nitrogen and oxygen atoms in total. The van der Waals surface area contributed by atoms with Crippen molar-refractivity contribution in [3.8, 4) is 11.6 Å². The third-order valence-corrected chi connectivity index (χ3v) is 5.25. The standard InChI is InChI=1S/C21H26N4O3/c26-21(16-24-9-11-27-12-10-24)25-8-4-5-17(15-25)19-13-22-14-20(23-19)28-18-6-2-1-3-7-18/h1-3,6-7,13-14,17H,4-5,8-12,15-16H2/t17-/m1/s1. The summed E-state index contributed by atoms with van der Waals surface area (Å²) in [5, 5.41) is 0. The van der Waals surface area contributed by atoms with E-state index in [4.69, 9.17) is 9.47 Å². The Hall–Kier alpha value is -2.51. The van der Waals surface area contributed by atoms with E-state index in [0.717, 1.165) is 43.9 Å². The summed E-state index contributed by atoms with van der Waals surface area (Å²) in [6, 6.07) is 9.57. The molecular formula is C21H26N4O3. The van der Waals surface area contributed by atoms with Crippen molar-refractivity contribution in [2.75, 3.05) is 45.9 Å². The number of amides is 1. The third-order valence-electron chi connectivity index (χ3n) is 5.25. The summed E-state index contributed by atoms with van der Waals surface area (Å²) in [7, 11) is 0. The van der Waals surface area contributed by atoms with Crippen LogP contribution in [-0.4, -0.2) is 71.6 Å². The van der Waals surface area contributed by atoms with Crippen LogP contribution in [0.4, 0.5) is 0 Å². The van der Waals surface area contributed by atoms with Crippen molar-refractivity contribution >= 4 is 5.91 Å². The minimum absolute atomic E-state index is 0.189. The quantitative estimate of drug-likeness (QED) is 0.791. The number of piperidine rings is 1. The molecule has 0 N–H and O–H groups in total. The normalized spacial score (nSPS) is 20.7. The molecule has 2 fully saturated rings. The Balaban J connectivity index is 1.38. The van der Waals surface area contributed by atoms with E-state index in [-0.39, 0.29) is 11.8 Å². The van der Waals surface area contributed by atoms with Gasteiger partial charge >= 0.3 is 0 Å². The lowest BCUT2D eigenvalue weighted by Gasteiger charge is -2.34. The molecule has 0 radical (unpaired) electrons. The molecule has 1 amide bonds. The number of para-hydroxylation sites is 1. The SMILES string of the molecule is O=C(CN1CCOCC1)N1CCC[C@@H](c2cncc(Oc3ccccc3)n2)C1. The minimum Gasteiger partial charge on any atom is -0.437 e. The van der Waals surface area contributed by atoms with Gasteiger partial charge in [-0.15, -0.1) is 0 Å². The lowest BCUT2D eigenvalue weighted by atomic mass is 9.95. The third kappa shape index (κ3) is 4.85. The first kappa shape index (κ1) is 18.8. The van der Waals surface area contributed by atoms with Crippen LogP contribution in [-0.2, 0) is 9.53 Å². The maximum absolute atomic E-state index is 12.7. The fourth-order valence-corrected chi connectivity index (χ4v) is 3.71. The van der Waals surface area contributed by atoms with Crippen molar-refractivity contribution in [1.82, 2.24) is 19.8 Å². The molecule has 1 aromatic heterocycles. The number of rotatable bonds is 5. The molecule has 2 aliphatic rings. The fraction of sp³-hybridized carbons (Fsp3) is 0.476. The molecule has 2 aromatic rings. The van der Waals surface area contributed by atoms with Gasteiger partial charge in [-0.25, -0.2) is 4.98 Å². The number of morpholine rings is 1. The largest absolute Gasteiger partial charge is 0.437 e. The van der Waals surface area contributed by atoms with E-state index in [2.05, 4.69) is 14.9 Å². The molecule has 1 atom stereocenters. The van der Waals surface area contributed by atoms with Crippen LogP contribution in [0.2, 0.25) is 0 Å². The van der Waals surface area contributed by atoms with Gasteiger partial charge in [-0.3, -0.25) is 14.7 Å². The summed E-state index contributed by atoms with van der Waals surface area (Å²) in [6.07, 6.45) is 5.40. The first-order valence-corrected chi connectivity index (χ1v) is 9.90. The van der Waals surface area contributed by atoms with Gasteiger partial charge < -0.3 is 14.4 Å². The van der Waals surface area contributed by atoms with Gasteiger partial charge in [-0.1, -0.05) is 18.2 Å². The molecule has 3 heterocycles. The van der Waals surface area contributed by atoms with Crippen molar-refractivity contribution in [1.29, 1.82) is 0 Å². The van der Waals surface area contributed by atoms with E-state index in [0.29, 0.717) is 32.2 Å². The van der Waals surface area contributed by atoms with Crippen molar-refractivity contribution in [2.45, 2.75) is 18.8 Å². The Bertz CT molecular complexity index is 780. The molecule has 4 rings (SSSR count). The van der Waals surface area contributed by atoms with E-state index >= 15 is 0 Å². The average molecular weight is 382 g/mol. The lowest BCUT2D eigenvalue weighted by Crippen LogP contribution is -2.47. The maximum Gasteiger partial charge on any atom is 0.238 e. The number of carbonyl (C=O) groups is 1. The average Bonchev–Trinajstić information content (AvgIpc) is 2.75. The number of carbonyl (C=O) groups excluding carboxylic acids is 1. The summed E-state index contributed by atoms with van der Waals surface area (Å²) < 4.78 is 11.2. The fourth-order valence-electron chi connectivity index (χ4n) is 3.71.